The summed E-state index contributed by atoms with van der Waals surface area (Å²) >= 11 is 6.00. The lowest BCUT2D eigenvalue weighted by Crippen LogP contribution is -2.54. The summed E-state index contributed by atoms with van der Waals surface area (Å²) in [4.78, 5) is 134. The van der Waals surface area contributed by atoms with Gasteiger partial charge in [-0.1, -0.05) is 82.3 Å². The number of phenolic OH excluding ortho intramolecular Hbond substituents is 1. The number of likely N-dealkylation sites (tertiary alicyclic amines) is 1. The summed E-state index contributed by atoms with van der Waals surface area (Å²) in [5, 5.41) is 36.8. The minimum Gasteiger partial charge on any atom is -0.508 e. The van der Waals surface area contributed by atoms with Crippen LogP contribution in [0.25, 0.3) is 12.2 Å². The minimum atomic E-state index is -1.59. The van der Waals surface area contributed by atoms with Gasteiger partial charge in [0.05, 0.1) is 30.6 Å². The van der Waals surface area contributed by atoms with Gasteiger partial charge in [0.1, 0.15) is 41.0 Å². The van der Waals surface area contributed by atoms with Crippen molar-refractivity contribution >= 4 is 76.9 Å². The van der Waals surface area contributed by atoms with Gasteiger partial charge in [0, 0.05) is 43.1 Å². The summed E-state index contributed by atoms with van der Waals surface area (Å²) in [6, 6.07) is 11.0. The third-order valence-electron chi connectivity index (χ3n) is 12.4. The van der Waals surface area contributed by atoms with Crippen molar-refractivity contribution in [3.63, 3.8) is 0 Å². The van der Waals surface area contributed by atoms with Crippen LogP contribution in [0.4, 0.5) is 0 Å². The average molecular weight is 1170 g/mol. The van der Waals surface area contributed by atoms with Crippen molar-refractivity contribution in [2.75, 3.05) is 33.4 Å². The van der Waals surface area contributed by atoms with Crippen LogP contribution in [0.15, 0.2) is 120 Å². The number of unbranched alkanes of at least 4 members (excludes halogenated alkanes) is 1. The van der Waals surface area contributed by atoms with Gasteiger partial charge in [-0.15, -0.1) is 0 Å². The van der Waals surface area contributed by atoms with Gasteiger partial charge >= 0.3 is 0 Å². The highest BCUT2D eigenvalue weighted by Gasteiger charge is 2.38. The third-order valence-corrected chi connectivity index (χ3v) is 12.6. The Bertz CT molecular complexity index is 2930. The highest BCUT2D eigenvalue weighted by atomic mass is 35.5. The summed E-state index contributed by atoms with van der Waals surface area (Å²) in [6.45, 7) is 10.3. The molecule has 3 aromatic rings. The molecule has 1 aromatic heterocycles. The number of amides is 9. The second-order valence-electron chi connectivity index (χ2n) is 19.9. The van der Waals surface area contributed by atoms with Gasteiger partial charge in [-0.3, -0.25) is 53.0 Å². The first-order chi connectivity index (χ1) is 39.4. The van der Waals surface area contributed by atoms with E-state index in [0.29, 0.717) is 48.0 Å². The number of nitrogens with one attached hydrogen (secondary N) is 7. The fraction of sp³-hybridized carbons (Fsp3) is 0.368. The molecule has 15 N–H and O–H groups in total. The molecule has 4 rings (SSSR count). The zero-order valence-corrected chi connectivity index (χ0v) is 47.7. The number of nitrogens with zero attached hydrogens (tertiary/aromatic N) is 3. The summed E-state index contributed by atoms with van der Waals surface area (Å²) in [5.41, 5.74) is 18.8. The normalized spacial score (nSPS) is 15.0. The number of likely N-dealkylation sites (N-methyl/N-ethyl adjacent to an activating group) is 1. The van der Waals surface area contributed by atoms with Crippen LogP contribution in [0.3, 0.4) is 0 Å². The van der Waals surface area contributed by atoms with E-state index in [-0.39, 0.29) is 61.2 Å². The number of aromatic hydroxyl groups is 1. The van der Waals surface area contributed by atoms with Crippen LogP contribution in [-0.2, 0) is 54.4 Å². The van der Waals surface area contributed by atoms with Gasteiger partial charge in [-0.2, -0.15) is 5.48 Å². The number of hydrogen-bond donors (Lipinski definition) is 12. The second kappa shape index (κ2) is 33.2. The predicted octanol–water partition coefficient (Wildman–Crippen LogP) is 0.750. The number of primary amides is 2. The number of aromatic nitrogens is 1. The number of rotatable bonds is 31. The van der Waals surface area contributed by atoms with E-state index in [0.717, 1.165) is 11.9 Å². The maximum atomic E-state index is 14.5. The number of pyridine rings is 1. The molecule has 0 spiro atoms. The van der Waals surface area contributed by atoms with Crippen LogP contribution in [0.2, 0.25) is 5.02 Å². The summed E-state index contributed by atoms with van der Waals surface area (Å²) in [7, 11) is 1.16. The monoisotopic (exact) mass is 1170 g/mol. The number of allylic oxidation sites excluding steroid dienone is 1. The fourth-order valence-corrected chi connectivity index (χ4v) is 8.30. The molecule has 0 aliphatic carbocycles. The van der Waals surface area contributed by atoms with Crippen LogP contribution in [0.5, 0.6) is 5.75 Å². The van der Waals surface area contributed by atoms with Crippen molar-refractivity contribution in [2.45, 2.75) is 96.4 Å². The Morgan fingerprint density at radius 3 is 2.12 bits per heavy atom. The standard InChI is InChI=1S/C57H74ClN13O12/c1-33(2)25-44(52(77)66-43(12-7-8-23-63-34(3)4)57(82)71-24-10-13-47(71)54(79)64-35(5)50(61)75)67-53(78)45(29-49(60)74)68-55(80)48(28-37-16-20-41(73)21-17-37)70(6)56(81)46(31-72)69-83-32-40(26-38-11-9-22-62-30-38)65-51(76)42(59)27-36-14-18-39(58)19-15-36/h9,11,14-22,25,27-30,33-34,40,43,46-47,63,69,72-73H,5,7-8,10,12-13,23-24,26,31-32,59H2,1-4,6H3,(H2,60,74)(H2,61,75)(H,64,79)(H,65,76)(H,66,77)(H,67,78)(H,68,80)/b42-27+,44-25+,45-29+,48-28+/t40-,43+,46+,47+/m1/s1. The number of hydroxylamine groups is 1. The number of aliphatic hydroxyl groups excluding tert-OH is 1. The van der Waals surface area contributed by atoms with Crippen molar-refractivity contribution in [3.8, 4) is 5.75 Å². The molecule has 0 bridgehead atoms. The summed E-state index contributed by atoms with van der Waals surface area (Å²) in [6.07, 6.45) is 9.66. The van der Waals surface area contributed by atoms with Crippen LogP contribution in [-0.4, -0.2) is 142 Å². The molecule has 446 valence electrons. The Labute approximate surface area is 486 Å². The van der Waals surface area contributed by atoms with E-state index < -0.39 is 107 Å². The quantitative estimate of drug-likeness (QED) is 0.0240. The van der Waals surface area contributed by atoms with Gasteiger partial charge in [0.25, 0.3) is 29.5 Å². The number of carbonyl (C=O) groups excluding carboxylic acids is 9. The molecule has 1 fully saturated rings. The number of nitrogens with two attached hydrogens (primary N) is 3. The van der Waals surface area contributed by atoms with Gasteiger partial charge < -0.3 is 69.1 Å². The lowest BCUT2D eigenvalue weighted by Gasteiger charge is -2.29. The molecule has 4 atom stereocenters. The van der Waals surface area contributed by atoms with Crippen LogP contribution < -0.4 is 54.6 Å². The van der Waals surface area contributed by atoms with Crippen molar-refractivity contribution in [1.82, 2.24) is 52.2 Å². The second-order valence-corrected chi connectivity index (χ2v) is 20.4. The number of hydrogen-bond acceptors (Lipinski definition) is 16. The van der Waals surface area contributed by atoms with E-state index in [1.165, 1.54) is 47.4 Å². The Hall–Kier alpha value is -8.75. The first-order valence-corrected chi connectivity index (χ1v) is 26.9. The van der Waals surface area contributed by atoms with Gasteiger partial charge in [0.15, 0.2) is 0 Å². The fourth-order valence-electron chi connectivity index (χ4n) is 8.18. The molecule has 2 heterocycles. The number of aliphatic hydroxyl groups is 1. The number of phenols is 1. The minimum absolute atomic E-state index is 0.0981. The molecule has 1 aliphatic rings. The van der Waals surface area contributed by atoms with Gasteiger partial charge in [0.2, 0.25) is 23.6 Å². The molecular formula is C57H74ClN13O12. The highest BCUT2D eigenvalue weighted by molar-refractivity contribution is 6.30. The largest absolute Gasteiger partial charge is 0.508 e. The van der Waals surface area contributed by atoms with Gasteiger partial charge in [-0.05, 0) is 110 Å². The van der Waals surface area contributed by atoms with Crippen LogP contribution in [0.1, 0.15) is 76.5 Å². The van der Waals surface area contributed by atoms with Crippen molar-refractivity contribution in [1.29, 1.82) is 0 Å². The zero-order chi connectivity index (χ0) is 61.3. The summed E-state index contributed by atoms with van der Waals surface area (Å²) < 4.78 is 0. The molecule has 2 aromatic carbocycles. The van der Waals surface area contributed by atoms with E-state index in [9.17, 15) is 53.4 Å². The average Bonchev–Trinajstić information content (AvgIpc) is 4.17. The van der Waals surface area contributed by atoms with E-state index in [1.54, 1.807) is 62.6 Å². The highest BCUT2D eigenvalue weighted by Crippen LogP contribution is 2.22. The number of benzene rings is 2. The molecule has 0 saturated carbocycles. The van der Waals surface area contributed by atoms with Crippen LogP contribution in [0, 0.1) is 5.92 Å². The molecule has 0 unspecified atom stereocenters. The van der Waals surface area contributed by atoms with Gasteiger partial charge in [-0.25, -0.2) is 0 Å². The van der Waals surface area contributed by atoms with E-state index in [1.807, 2.05) is 13.8 Å². The number of halogens is 1. The van der Waals surface area contributed by atoms with E-state index in [2.05, 4.69) is 48.9 Å². The van der Waals surface area contributed by atoms with E-state index >= 15 is 0 Å². The first-order valence-electron chi connectivity index (χ1n) is 26.6. The third kappa shape index (κ3) is 22.3. The molecular weight excluding hydrogens is 1090 g/mol. The van der Waals surface area contributed by atoms with Crippen molar-refractivity contribution in [3.05, 3.63) is 142 Å². The van der Waals surface area contributed by atoms with Crippen molar-refractivity contribution in [2.24, 2.45) is 23.1 Å². The van der Waals surface area contributed by atoms with E-state index in [4.69, 9.17) is 33.6 Å². The predicted molar refractivity (Wildman–Crippen MR) is 309 cm³/mol. The molecule has 26 heteroatoms. The topological polar surface area (TPSA) is 385 Å². The molecule has 1 aliphatic heterocycles. The SMILES string of the molecule is C=C(NC(=O)[C@@H]1CCCN1C(=O)[C@H](CCCCNC(C)C)NC(=O)/C(=C\C(C)C)NC(=O)/C(=C\C(N)=O)NC(=O)/C(=C\c1ccc(O)cc1)N(C)C(=O)[C@H](CO)NOC[C@@H](Cc1cccnc1)NC(=O)/C(N)=C\c1ccc(Cl)cc1)C(N)=O. The lowest BCUT2D eigenvalue weighted by molar-refractivity contribution is -0.141. The number of carbonyl (C=O) groups is 9. The molecule has 1 saturated heterocycles. The zero-order valence-electron chi connectivity index (χ0n) is 46.9. The molecule has 9 amide bonds. The Balaban J connectivity index is 1.59. The Morgan fingerprint density at radius 2 is 1.51 bits per heavy atom. The molecule has 83 heavy (non-hydrogen) atoms. The smallest absolute Gasteiger partial charge is 0.272 e. The lowest BCUT2D eigenvalue weighted by atomic mass is 10.1. The first kappa shape index (κ1) is 66.8. The maximum absolute atomic E-state index is 14.5. The summed E-state index contributed by atoms with van der Waals surface area (Å²) in [5.74, 6) is -9.10. The Kier molecular flexibility index (Phi) is 26.7. The maximum Gasteiger partial charge on any atom is 0.272 e. The molecule has 0 radical (unpaired) electrons. The Morgan fingerprint density at radius 1 is 0.843 bits per heavy atom. The van der Waals surface area contributed by atoms with Crippen LogP contribution >= 0.6 is 11.6 Å². The van der Waals surface area contributed by atoms with Crippen molar-refractivity contribution < 1.29 is 58.2 Å². The molecule has 25 nitrogen and oxygen atoms in total.